The first-order chi connectivity index (χ1) is 15.4. The topological polar surface area (TPSA) is 21.3 Å². The summed E-state index contributed by atoms with van der Waals surface area (Å²) in [6, 6.07) is 9.62. The average Bonchev–Trinajstić information content (AvgIpc) is 2.98. The minimum Gasteiger partial charge on any atom is -0.497 e. The zero-order valence-corrected chi connectivity index (χ0v) is 23.0. The number of hydrogen-bond donors (Lipinski definition) is 1. The van der Waals surface area contributed by atoms with Crippen LogP contribution in [0.15, 0.2) is 24.3 Å². The third-order valence-corrected chi connectivity index (χ3v) is 14.5. The number of ether oxygens (including phenoxy) is 1. The van der Waals surface area contributed by atoms with Gasteiger partial charge in [-0.2, -0.15) is 0 Å². The molecule has 1 aromatic rings. The fraction of sp³-hybridized carbons (Fsp3) is 0.793. The molecule has 0 radical (unpaired) electrons. The molecule has 0 aliphatic heterocycles. The van der Waals surface area contributed by atoms with Gasteiger partial charge in [-0.1, -0.05) is 110 Å². The molecule has 182 valence electrons. The molecule has 1 N–H and O–H groups in total. The van der Waals surface area contributed by atoms with Crippen molar-refractivity contribution < 1.29 is 4.74 Å². The third kappa shape index (κ3) is 5.81. The van der Waals surface area contributed by atoms with Crippen molar-refractivity contribution >= 4 is 13.4 Å². The Bertz CT molecular complexity index is 667. The van der Waals surface area contributed by atoms with E-state index >= 15 is 0 Å². The van der Waals surface area contributed by atoms with Crippen molar-refractivity contribution in [1.82, 2.24) is 4.98 Å². The molecule has 0 saturated heterocycles. The maximum atomic E-state index is 5.97. The number of hydrogen-bond acceptors (Lipinski definition) is 2. The lowest BCUT2D eigenvalue weighted by Crippen LogP contribution is -2.65. The Morgan fingerprint density at radius 1 is 0.719 bits per heavy atom. The van der Waals surface area contributed by atoms with Gasteiger partial charge in [0.25, 0.3) is 0 Å². The van der Waals surface area contributed by atoms with Gasteiger partial charge in [0.1, 0.15) is 5.75 Å². The Morgan fingerprint density at radius 3 is 1.69 bits per heavy atom. The summed E-state index contributed by atoms with van der Waals surface area (Å²) in [5.41, 5.74) is 0.741. The molecule has 2 saturated carbocycles. The van der Waals surface area contributed by atoms with E-state index in [0.717, 1.165) is 35.0 Å². The van der Waals surface area contributed by atoms with Crippen molar-refractivity contribution in [3.8, 4) is 5.75 Å². The Hall–Kier alpha value is -0.803. The van der Waals surface area contributed by atoms with E-state index in [1.54, 1.807) is 0 Å². The third-order valence-electron chi connectivity index (χ3n) is 9.56. The van der Waals surface area contributed by atoms with Gasteiger partial charge in [-0.15, -0.1) is 0 Å². The van der Waals surface area contributed by atoms with Crippen molar-refractivity contribution in [1.29, 1.82) is 0 Å². The highest BCUT2D eigenvalue weighted by Gasteiger charge is 2.53. The normalized spacial score (nSPS) is 33.1. The molecule has 1 aromatic carbocycles. The van der Waals surface area contributed by atoms with E-state index in [-0.39, 0.29) is 0 Å². The number of methoxy groups -OCH3 is 1. The molecule has 2 aliphatic rings. The van der Waals surface area contributed by atoms with Crippen LogP contribution in [0.5, 0.6) is 5.75 Å². The van der Waals surface area contributed by atoms with Crippen LogP contribution < -0.4 is 14.9 Å². The molecule has 2 fully saturated rings. The second-order valence-electron chi connectivity index (χ2n) is 11.5. The Labute approximate surface area is 200 Å². The van der Waals surface area contributed by atoms with E-state index in [0.29, 0.717) is 6.04 Å². The van der Waals surface area contributed by atoms with E-state index in [9.17, 15) is 0 Å². The number of benzene rings is 1. The highest BCUT2D eigenvalue weighted by atomic mass is 28.3. The SMILES string of the molecule is COc1ccccc1[Si@@](C)(NC1CCCCCCCCCCC1)C1C(C)C(C)C(C)C1C. The van der Waals surface area contributed by atoms with E-state index in [4.69, 9.17) is 4.74 Å². The highest BCUT2D eigenvalue weighted by molar-refractivity contribution is 6.90. The zero-order valence-electron chi connectivity index (χ0n) is 22.0. The van der Waals surface area contributed by atoms with E-state index in [1.807, 2.05) is 7.11 Å². The van der Waals surface area contributed by atoms with Gasteiger partial charge in [-0.25, -0.2) is 0 Å². The first kappa shape index (κ1) is 25.8. The van der Waals surface area contributed by atoms with Gasteiger partial charge in [0, 0.05) is 6.04 Å². The standard InChI is InChI=1S/C29H51NOSi/c1-22-23(2)25(4)29(24(22)3)32(6,28-21-17-16-20-27(28)31-5)30-26-18-14-12-10-8-7-9-11-13-15-19-26/h16-17,20-26,29-30H,7-15,18-19H2,1-6H3/t22?,23?,24?,25?,29?,32-/m1/s1. The van der Waals surface area contributed by atoms with Crippen LogP contribution in [0.4, 0.5) is 0 Å². The second-order valence-corrected chi connectivity index (χ2v) is 15.4. The number of rotatable bonds is 5. The van der Waals surface area contributed by atoms with Gasteiger partial charge in [0.05, 0.1) is 7.11 Å². The van der Waals surface area contributed by atoms with Crippen molar-refractivity contribution in [3.05, 3.63) is 24.3 Å². The minimum absolute atomic E-state index is 0.654. The summed E-state index contributed by atoms with van der Waals surface area (Å²) in [4.78, 5) is 4.48. The molecule has 0 amide bonds. The molecule has 32 heavy (non-hydrogen) atoms. The maximum Gasteiger partial charge on any atom is 0.163 e. The molecular formula is C29H51NOSi. The van der Waals surface area contributed by atoms with Gasteiger partial charge in [0.15, 0.2) is 8.24 Å². The first-order valence-corrected chi connectivity index (χ1v) is 16.4. The Kier molecular flexibility index (Phi) is 9.73. The fourth-order valence-corrected chi connectivity index (χ4v) is 13.0. The summed E-state index contributed by atoms with van der Waals surface area (Å²) < 4.78 is 5.97. The van der Waals surface area contributed by atoms with Gasteiger partial charge in [-0.05, 0) is 53.3 Å². The monoisotopic (exact) mass is 457 g/mol. The van der Waals surface area contributed by atoms with Gasteiger partial charge in [0.2, 0.25) is 0 Å². The summed E-state index contributed by atoms with van der Waals surface area (Å²) >= 11 is 0. The summed E-state index contributed by atoms with van der Waals surface area (Å²) in [5, 5.41) is 1.50. The second kappa shape index (κ2) is 12.1. The average molecular weight is 458 g/mol. The van der Waals surface area contributed by atoms with Crippen molar-refractivity contribution in [3.63, 3.8) is 0 Å². The summed E-state index contributed by atoms with van der Waals surface area (Å²) in [6.07, 6.45) is 15.5. The quantitative estimate of drug-likeness (QED) is 0.458. The molecular weight excluding hydrogens is 406 g/mol. The smallest absolute Gasteiger partial charge is 0.163 e. The van der Waals surface area contributed by atoms with Gasteiger partial charge < -0.3 is 9.72 Å². The molecule has 0 heterocycles. The van der Waals surface area contributed by atoms with Gasteiger partial charge >= 0.3 is 0 Å². The predicted molar refractivity (Wildman–Crippen MR) is 142 cm³/mol. The van der Waals surface area contributed by atoms with Crippen LogP contribution in [-0.2, 0) is 0 Å². The van der Waals surface area contributed by atoms with Crippen LogP contribution in [0.2, 0.25) is 12.1 Å². The highest BCUT2D eigenvalue weighted by Crippen LogP contribution is 2.53. The van der Waals surface area contributed by atoms with Crippen LogP contribution in [0.25, 0.3) is 0 Å². The Balaban J connectivity index is 1.92. The summed E-state index contributed by atoms with van der Waals surface area (Å²) in [7, 11) is -0.163. The molecule has 3 heteroatoms. The number of para-hydroxylation sites is 1. The van der Waals surface area contributed by atoms with Gasteiger partial charge in [-0.3, -0.25) is 0 Å². The summed E-state index contributed by atoms with van der Waals surface area (Å²) in [5.74, 6) is 4.18. The lowest BCUT2D eigenvalue weighted by Gasteiger charge is -2.43. The molecule has 4 unspecified atom stereocenters. The molecule has 0 bridgehead atoms. The zero-order chi connectivity index (χ0) is 23.1. The van der Waals surface area contributed by atoms with Crippen molar-refractivity contribution in [2.75, 3.05) is 7.11 Å². The lowest BCUT2D eigenvalue weighted by molar-refractivity contribution is 0.352. The van der Waals surface area contributed by atoms with Crippen LogP contribution in [0.3, 0.4) is 0 Å². The van der Waals surface area contributed by atoms with E-state index in [2.05, 4.69) is 63.5 Å². The lowest BCUT2D eigenvalue weighted by atomic mass is 9.92. The van der Waals surface area contributed by atoms with Crippen LogP contribution in [0.1, 0.15) is 98.3 Å². The van der Waals surface area contributed by atoms with E-state index < -0.39 is 8.24 Å². The van der Waals surface area contributed by atoms with Crippen LogP contribution in [0, 0.1) is 23.7 Å². The molecule has 2 nitrogen and oxygen atoms in total. The van der Waals surface area contributed by atoms with Crippen molar-refractivity contribution in [2.45, 2.75) is 116 Å². The maximum absolute atomic E-state index is 5.97. The molecule has 3 rings (SSSR count). The fourth-order valence-electron chi connectivity index (χ4n) is 7.30. The van der Waals surface area contributed by atoms with Crippen molar-refractivity contribution in [2.24, 2.45) is 23.7 Å². The Morgan fingerprint density at radius 2 is 1.19 bits per heavy atom. The predicted octanol–water partition coefficient (Wildman–Crippen LogP) is 7.67. The van der Waals surface area contributed by atoms with E-state index in [1.165, 1.54) is 75.8 Å². The minimum atomic E-state index is -2.02. The first-order valence-electron chi connectivity index (χ1n) is 13.8. The molecule has 0 aromatic heterocycles. The molecule has 2 aliphatic carbocycles. The number of nitrogens with one attached hydrogen (secondary N) is 1. The van der Waals surface area contributed by atoms with Crippen LogP contribution >= 0.6 is 0 Å². The largest absolute Gasteiger partial charge is 0.497 e. The molecule has 5 atom stereocenters. The van der Waals surface area contributed by atoms with Crippen LogP contribution in [-0.4, -0.2) is 21.4 Å². The molecule has 0 spiro atoms. The summed E-state index contributed by atoms with van der Waals surface area (Å²) in [6.45, 7) is 12.7.